The first kappa shape index (κ1) is 14.8. The van der Waals surface area contributed by atoms with Crippen LogP contribution in [0.3, 0.4) is 0 Å². The van der Waals surface area contributed by atoms with Crippen molar-refractivity contribution in [2.75, 3.05) is 11.9 Å². The summed E-state index contributed by atoms with van der Waals surface area (Å²) < 4.78 is 5.45. The number of halogens is 1. The monoisotopic (exact) mass is 297 g/mol. The Kier molecular flexibility index (Phi) is 4.98. The maximum atomic E-state index is 12.2. The van der Waals surface area contributed by atoms with Gasteiger partial charge in [-0.15, -0.1) is 0 Å². The Labute approximate surface area is 121 Å². The molecule has 2 atom stereocenters. The number of carboxylic acid groups (broad SMARTS) is 1. The van der Waals surface area contributed by atoms with E-state index in [9.17, 15) is 9.59 Å². The molecule has 1 saturated heterocycles. The van der Waals surface area contributed by atoms with Gasteiger partial charge in [-0.3, -0.25) is 9.59 Å². The van der Waals surface area contributed by atoms with Gasteiger partial charge in [-0.1, -0.05) is 11.6 Å². The van der Waals surface area contributed by atoms with Crippen LogP contribution < -0.4 is 5.32 Å². The molecular weight excluding hydrogens is 282 g/mol. The molecule has 1 aliphatic rings. The van der Waals surface area contributed by atoms with Crippen LogP contribution in [0.2, 0.25) is 5.02 Å². The summed E-state index contributed by atoms with van der Waals surface area (Å²) in [5, 5.41) is 12.2. The van der Waals surface area contributed by atoms with Crippen LogP contribution in [-0.4, -0.2) is 29.7 Å². The third-order valence-electron chi connectivity index (χ3n) is 3.26. The van der Waals surface area contributed by atoms with Crippen LogP contribution in [0.5, 0.6) is 0 Å². The summed E-state index contributed by atoms with van der Waals surface area (Å²) in [5.41, 5.74) is 0.591. The van der Waals surface area contributed by atoms with Crippen molar-refractivity contribution in [1.29, 1.82) is 0 Å². The van der Waals surface area contributed by atoms with Gasteiger partial charge in [0.15, 0.2) is 0 Å². The quantitative estimate of drug-likeness (QED) is 0.876. The molecule has 1 aromatic rings. The Morgan fingerprint density at radius 1 is 1.40 bits per heavy atom. The molecule has 0 aromatic heterocycles. The van der Waals surface area contributed by atoms with E-state index in [2.05, 4.69) is 5.32 Å². The third kappa shape index (κ3) is 3.95. The van der Waals surface area contributed by atoms with Crippen molar-refractivity contribution in [1.82, 2.24) is 0 Å². The van der Waals surface area contributed by atoms with Gasteiger partial charge in [0.2, 0.25) is 5.91 Å². The highest BCUT2D eigenvalue weighted by molar-refractivity contribution is 6.30. The topological polar surface area (TPSA) is 75.6 Å². The van der Waals surface area contributed by atoms with Crippen LogP contribution in [0.25, 0.3) is 0 Å². The van der Waals surface area contributed by atoms with Gasteiger partial charge in [0.1, 0.15) is 0 Å². The van der Waals surface area contributed by atoms with E-state index in [0.29, 0.717) is 23.7 Å². The molecule has 0 saturated carbocycles. The summed E-state index contributed by atoms with van der Waals surface area (Å²) >= 11 is 5.77. The zero-order chi connectivity index (χ0) is 14.5. The number of carboxylic acids is 1. The summed E-state index contributed by atoms with van der Waals surface area (Å²) in [6.45, 7) is 0.578. The maximum Gasteiger partial charge on any atom is 0.304 e. The number of carbonyl (C=O) groups is 2. The average Bonchev–Trinajstić information content (AvgIpc) is 2.92. The minimum atomic E-state index is -1.00. The Balaban J connectivity index is 2.05. The van der Waals surface area contributed by atoms with Gasteiger partial charge in [0.25, 0.3) is 0 Å². The first-order valence-corrected chi connectivity index (χ1v) is 6.84. The lowest BCUT2D eigenvalue weighted by Crippen LogP contribution is -2.34. The normalized spacial score (nSPS) is 19.6. The molecular formula is C14H16ClNO4. The molecule has 1 aromatic carbocycles. The van der Waals surface area contributed by atoms with Crippen molar-refractivity contribution >= 4 is 29.2 Å². The van der Waals surface area contributed by atoms with E-state index >= 15 is 0 Å². The number of hydrogen-bond acceptors (Lipinski definition) is 3. The summed E-state index contributed by atoms with van der Waals surface area (Å²) in [4.78, 5) is 23.1. The highest BCUT2D eigenvalue weighted by Crippen LogP contribution is 2.25. The predicted molar refractivity (Wildman–Crippen MR) is 74.8 cm³/mol. The number of amides is 1. The molecule has 0 radical (unpaired) electrons. The van der Waals surface area contributed by atoms with E-state index in [4.69, 9.17) is 21.4 Å². The standard InChI is InChI=1S/C14H16ClNO4/c15-9-3-5-10(6-4-9)16-14(19)11(8-13(17)18)12-2-1-7-20-12/h3-6,11-12H,1-2,7-8H2,(H,16,19)(H,17,18)/t11-,12+/m1/s1. The van der Waals surface area contributed by atoms with Gasteiger partial charge in [-0.25, -0.2) is 0 Å². The smallest absolute Gasteiger partial charge is 0.304 e. The minimum absolute atomic E-state index is 0.232. The van der Waals surface area contributed by atoms with Crippen LogP contribution in [0.4, 0.5) is 5.69 Å². The SMILES string of the molecule is O=C(O)C[C@@H](C(=O)Nc1ccc(Cl)cc1)[C@@H]1CCCO1. The summed E-state index contributed by atoms with van der Waals surface area (Å²) in [7, 11) is 0. The molecule has 1 aliphatic heterocycles. The van der Waals surface area contributed by atoms with Crippen molar-refractivity contribution in [3.8, 4) is 0 Å². The van der Waals surface area contributed by atoms with Crippen molar-refractivity contribution in [2.45, 2.75) is 25.4 Å². The molecule has 20 heavy (non-hydrogen) atoms. The molecule has 1 amide bonds. The Morgan fingerprint density at radius 2 is 2.10 bits per heavy atom. The number of nitrogens with one attached hydrogen (secondary N) is 1. The van der Waals surface area contributed by atoms with Gasteiger partial charge in [-0.2, -0.15) is 0 Å². The lowest BCUT2D eigenvalue weighted by molar-refractivity contribution is -0.142. The van der Waals surface area contributed by atoms with Crippen LogP contribution in [0, 0.1) is 5.92 Å². The average molecular weight is 298 g/mol. The highest BCUT2D eigenvalue weighted by Gasteiger charge is 2.33. The van der Waals surface area contributed by atoms with Crippen LogP contribution in [0.15, 0.2) is 24.3 Å². The number of anilines is 1. The second kappa shape index (κ2) is 6.72. The van der Waals surface area contributed by atoms with Gasteiger partial charge in [0, 0.05) is 17.3 Å². The highest BCUT2D eigenvalue weighted by atomic mass is 35.5. The molecule has 0 spiro atoms. The minimum Gasteiger partial charge on any atom is -0.481 e. The lowest BCUT2D eigenvalue weighted by atomic mass is 9.95. The fourth-order valence-electron chi connectivity index (χ4n) is 2.27. The van der Waals surface area contributed by atoms with Crippen LogP contribution in [-0.2, 0) is 14.3 Å². The first-order chi connectivity index (χ1) is 9.56. The van der Waals surface area contributed by atoms with Crippen molar-refractivity contribution < 1.29 is 19.4 Å². The summed E-state index contributed by atoms with van der Waals surface area (Å²) in [5.74, 6) is -2.01. The fraction of sp³-hybridized carbons (Fsp3) is 0.429. The largest absolute Gasteiger partial charge is 0.481 e. The molecule has 2 rings (SSSR count). The Bertz CT molecular complexity index is 482. The van der Waals surface area contributed by atoms with Crippen LogP contribution in [0.1, 0.15) is 19.3 Å². The molecule has 0 bridgehead atoms. The number of benzene rings is 1. The fourth-order valence-corrected chi connectivity index (χ4v) is 2.40. The lowest BCUT2D eigenvalue weighted by Gasteiger charge is -2.20. The number of carbonyl (C=O) groups excluding carboxylic acids is 1. The van der Waals surface area contributed by atoms with Crippen molar-refractivity contribution in [3.63, 3.8) is 0 Å². The van der Waals surface area contributed by atoms with Gasteiger partial charge in [-0.05, 0) is 37.1 Å². The zero-order valence-electron chi connectivity index (χ0n) is 10.8. The van der Waals surface area contributed by atoms with Crippen molar-refractivity contribution in [2.24, 2.45) is 5.92 Å². The molecule has 6 heteroatoms. The van der Waals surface area contributed by atoms with Crippen LogP contribution >= 0.6 is 11.6 Å². The number of aliphatic carboxylic acids is 1. The Morgan fingerprint density at radius 3 is 2.65 bits per heavy atom. The van der Waals surface area contributed by atoms with Crippen molar-refractivity contribution in [3.05, 3.63) is 29.3 Å². The van der Waals surface area contributed by atoms with E-state index in [1.54, 1.807) is 24.3 Å². The molecule has 0 unspecified atom stereocenters. The van der Waals surface area contributed by atoms with E-state index in [1.165, 1.54) is 0 Å². The maximum absolute atomic E-state index is 12.2. The summed E-state index contributed by atoms with van der Waals surface area (Å²) in [6.07, 6.45) is 1.02. The number of hydrogen-bond donors (Lipinski definition) is 2. The van der Waals surface area contributed by atoms with E-state index in [-0.39, 0.29) is 18.4 Å². The first-order valence-electron chi connectivity index (χ1n) is 6.46. The van der Waals surface area contributed by atoms with Gasteiger partial charge < -0.3 is 15.2 Å². The molecule has 1 fully saturated rings. The summed E-state index contributed by atoms with van der Waals surface area (Å²) in [6, 6.07) is 6.67. The number of ether oxygens (including phenoxy) is 1. The molecule has 1 heterocycles. The molecule has 0 aliphatic carbocycles. The van der Waals surface area contributed by atoms with Gasteiger partial charge >= 0.3 is 5.97 Å². The predicted octanol–water partition coefficient (Wildman–Crippen LogP) is 2.55. The Hall–Kier alpha value is -1.59. The number of rotatable bonds is 5. The molecule has 108 valence electrons. The second-order valence-electron chi connectivity index (χ2n) is 4.75. The van der Waals surface area contributed by atoms with E-state index < -0.39 is 11.9 Å². The van der Waals surface area contributed by atoms with E-state index in [0.717, 1.165) is 6.42 Å². The second-order valence-corrected chi connectivity index (χ2v) is 5.19. The van der Waals surface area contributed by atoms with Gasteiger partial charge in [0.05, 0.1) is 18.4 Å². The zero-order valence-corrected chi connectivity index (χ0v) is 11.6. The third-order valence-corrected chi connectivity index (χ3v) is 3.51. The molecule has 5 nitrogen and oxygen atoms in total. The molecule has 2 N–H and O–H groups in total. The van der Waals surface area contributed by atoms with E-state index in [1.807, 2.05) is 0 Å².